The van der Waals surface area contributed by atoms with Gasteiger partial charge in [0, 0.05) is 12.2 Å². The number of rotatable bonds is 26. The number of carbonyl (C=O) groups is 1. The van der Waals surface area contributed by atoms with Gasteiger partial charge in [0.1, 0.15) is 5.75 Å². The summed E-state index contributed by atoms with van der Waals surface area (Å²) in [6, 6.07) is 25.7. The molecule has 0 aliphatic carbocycles. The van der Waals surface area contributed by atoms with Gasteiger partial charge in [-0.15, -0.1) is 0 Å². The normalized spacial score (nSPS) is 11.2. The number of hydrogen-bond acceptors (Lipinski definition) is 3. The second-order valence-corrected chi connectivity index (χ2v) is 12.1. The van der Waals surface area contributed by atoms with Crippen LogP contribution in [-0.4, -0.2) is 19.0 Å². The summed E-state index contributed by atoms with van der Waals surface area (Å²) < 4.78 is 11.7. The van der Waals surface area contributed by atoms with Crippen LogP contribution in [0.4, 0.5) is 0 Å². The molecule has 0 saturated carbocycles. The van der Waals surface area contributed by atoms with Gasteiger partial charge < -0.3 is 9.47 Å². The van der Waals surface area contributed by atoms with E-state index in [0.29, 0.717) is 12.2 Å². The lowest BCUT2D eigenvalue weighted by atomic mass is 10.0. The minimum atomic E-state index is 0.0182. The van der Waals surface area contributed by atoms with Crippen LogP contribution in [0.3, 0.4) is 0 Å². The van der Waals surface area contributed by atoms with E-state index < -0.39 is 0 Å². The zero-order chi connectivity index (χ0) is 31.6. The van der Waals surface area contributed by atoms with Crippen LogP contribution in [-0.2, 0) is 11.3 Å². The molecule has 3 aromatic carbocycles. The van der Waals surface area contributed by atoms with Gasteiger partial charge in [-0.2, -0.15) is 0 Å². The Morgan fingerprint density at radius 3 is 1.58 bits per heavy atom. The summed E-state index contributed by atoms with van der Waals surface area (Å²) in [7, 11) is 0. The topological polar surface area (TPSA) is 35.5 Å². The third-order valence-electron chi connectivity index (χ3n) is 8.30. The van der Waals surface area contributed by atoms with E-state index in [2.05, 4.69) is 30.8 Å². The number of benzene rings is 3. The molecule has 0 amide bonds. The standard InChI is InChI=1S/C42H56O3/c1-2-37-24-26-39(27-25-37)36-44-34-20-15-13-11-9-7-5-3-4-6-8-10-12-14-16-21-35-45-41-31-28-38(29-32-41)30-33-42(43)40-22-18-17-19-23-40/h2,17-19,22-33H,1,3-16,20-21,34-36H2. The molecule has 0 N–H and O–H groups in total. The molecule has 0 aliphatic heterocycles. The predicted molar refractivity (Wildman–Crippen MR) is 192 cm³/mol. The fraction of sp³-hybridized carbons (Fsp3) is 0.452. The summed E-state index contributed by atoms with van der Waals surface area (Å²) in [5.41, 5.74) is 4.10. The molecule has 3 rings (SSSR count). The first-order chi connectivity index (χ1) is 22.2. The van der Waals surface area contributed by atoms with Gasteiger partial charge in [-0.25, -0.2) is 0 Å². The smallest absolute Gasteiger partial charge is 0.185 e. The van der Waals surface area contributed by atoms with Crippen molar-refractivity contribution in [3.8, 4) is 5.75 Å². The second kappa shape index (κ2) is 23.9. The molecular formula is C42H56O3. The minimum absolute atomic E-state index is 0.0182. The molecule has 0 radical (unpaired) electrons. The highest BCUT2D eigenvalue weighted by Crippen LogP contribution is 2.16. The van der Waals surface area contributed by atoms with E-state index in [1.165, 1.54) is 102 Å². The van der Waals surface area contributed by atoms with E-state index in [9.17, 15) is 4.79 Å². The highest BCUT2D eigenvalue weighted by atomic mass is 16.5. The molecule has 242 valence electrons. The van der Waals surface area contributed by atoms with E-state index in [1.54, 1.807) is 6.08 Å². The molecule has 0 aromatic heterocycles. The molecule has 45 heavy (non-hydrogen) atoms. The molecule has 0 saturated heterocycles. The van der Waals surface area contributed by atoms with E-state index >= 15 is 0 Å². The van der Waals surface area contributed by atoms with Crippen molar-refractivity contribution in [1.29, 1.82) is 0 Å². The number of ketones is 1. The zero-order valence-electron chi connectivity index (χ0n) is 27.6. The predicted octanol–water partition coefficient (Wildman–Crippen LogP) is 12.1. The highest BCUT2D eigenvalue weighted by Gasteiger charge is 2.01. The maximum atomic E-state index is 12.2. The number of allylic oxidation sites excluding steroid dienone is 1. The quantitative estimate of drug-likeness (QED) is 0.0516. The van der Waals surface area contributed by atoms with Gasteiger partial charge in [-0.3, -0.25) is 4.79 Å². The number of hydrogen-bond donors (Lipinski definition) is 0. The van der Waals surface area contributed by atoms with Gasteiger partial charge in [0.05, 0.1) is 13.2 Å². The first kappa shape index (κ1) is 36.0. The van der Waals surface area contributed by atoms with Gasteiger partial charge >= 0.3 is 0 Å². The third kappa shape index (κ3) is 17.0. The molecule has 0 spiro atoms. The Hall–Kier alpha value is -3.43. The van der Waals surface area contributed by atoms with Crippen LogP contribution < -0.4 is 4.74 Å². The highest BCUT2D eigenvalue weighted by molar-refractivity contribution is 6.06. The fourth-order valence-corrected chi connectivity index (χ4v) is 5.46. The van der Waals surface area contributed by atoms with Crippen molar-refractivity contribution in [2.45, 2.75) is 109 Å². The summed E-state index contributed by atoms with van der Waals surface area (Å²) in [4.78, 5) is 12.2. The average Bonchev–Trinajstić information content (AvgIpc) is 3.09. The van der Waals surface area contributed by atoms with Crippen LogP contribution in [0.15, 0.2) is 91.5 Å². The van der Waals surface area contributed by atoms with Crippen LogP contribution >= 0.6 is 0 Å². The SMILES string of the molecule is C=Cc1ccc(COCCCCCCCCCCCCCCCCCCOc2ccc(C=CC(=O)c3ccccc3)cc2)cc1. The Bertz CT molecular complexity index is 1190. The lowest BCUT2D eigenvalue weighted by Gasteiger charge is -2.07. The molecule has 0 atom stereocenters. The maximum absolute atomic E-state index is 12.2. The van der Waals surface area contributed by atoms with E-state index in [-0.39, 0.29) is 5.78 Å². The van der Waals surface area contributed by atoms with E-state index in [1.807, 2.05) is 66.7 Å². The van der Waals surface area contributed by atoms with Crippen LogP contribution in [0.5, 0.6) is 5.75 Å². The zero-order valence-corrected chi connectivity index (χ0v) is 27.6. The monoisotopic (exact) mass is 608 g/mol. The van der Waals surface area contributed by atoms with Crippen LogP contribution in [0.1, 0.15) is 130 Å². The van der Waals surface area contributed by atoms with Crippen molar-refractivity contribution >= 4 is 17.9 Å². The molecular weight excluding hydrogens is 552 g/mol. The molecule has 0 unspecified atom stereocenters. The van der Waals surface area contributed by atoms with Crippen LogP contribution in [0, 0.1) is 0 Å². The first-order valence-corrected chi connectivity index (χ1v) is 17.5. The fourth-order valence-electron chi connectivity index (χ4n) is 5.46. The summed E-state index contributed by atoms with van der Waals surface area (Å²) in [6.07, 6.45) is 26.7. The Balaban J connectivity index is 1.02. The van der Waals surface area contributed by atoms with Crippen molar-refractivity contribution in [3.63, 3.8) is 0 Å². The summed E-state index contributed by atoms with van der Waals surface area (Å²) in [6.45, 7) is 6.14. The summed E-state index contributed by atoms with van der Waals surface area (Å²) in [5.74, 6) is 0.912. The third-order valence-corrected chi connectivity index (χ3v) is 8.30. The van der Waals surface area contributed by atoms with Crippen molar-refractivity contribution in [1.82, 2.24) is 0 Å². The Morgan fingerprint density at radius 1 is 0.556 bits per heavy atom. The molecule has 0 bridgehead atoms. The first-order valence-electron chi connectivity index (χ1n) is 17.5. The van der Waals surface area contributed by atoms with Crippen LogP contribution in [0.25, 0.3) is 12.2 Å². The number of unbranched alkanes of at least 4 members (excludes halogenated alkanes) is 15. The molecule has 0 heterocycles. The average molecular weight is 609 g/mol. The van der Waals surface area contributed by atoms with Crippen molar-refractivity contribution in [3.05, 3.63) is 114 Å². The Morgan fingerprint density at radius 2 is 1.04 bits per heavy atom. The van der Waals surface area contributed by atoms with Crippen molar-refractivity contribution < 1.29 is 14.3 Å². The summed E-state index contributed by atoms with van der Waals surface area (Å²) >= 11 is 0. The van der Waals surface area contributed by atoms with Gasteiger partial charge in [0.2, 0.25) is 0 Å². The van der Waals surface area contributed by atoms with Crippen LogP contribution in [0.2, 0.25) is 0 Å². The number of carbonyl (C=O) groups excluding carboxylic acids is 1. The number of ether oxygens (including phenoxy) is 2. The largest absolute Gasteiger partial charge is 0.494 e. The molecule has 3 heteroatoms. The van der Waals surface area contributed by atoms with E-state index in [0.717, 1.165) is 36.5 Å². The molecule has 0 aliphatic rings. The molecule has 3 aromatic rings. The van der Waals surface area contributed by atoms with Gasteiger partial charge in [0.25, 0.3) is 0 Å². The van der Waals surface area contributed by atoms with Gasteiger partial charge in [-0.05, 0) is 47.7 Å². The minimum Gasteiger partial charge on any atom is -0.494 e. The summed E-state index contributed by atoms with van der Waals surface area (Å²) in [5, 5.41) is 0. The maximum Gasteiger partial charge on any atom is 0.185 e. The molecule has 3 nitrogen and oxygen atoms in total. The molecule has 0 fully saturated rings. The Labute approximate surface area is 273 Å². The lowest BCUT2D eigenvalue weighted by Crippen LogP contribution is -1.97. The van der Waals surface area contributed by atoms with E-state index in [4.69, 9.17) is 9.47 Å². The van der Waals surface area contributed by atoms with Gasteiger partial charge in [-0.1, -0.05) is 175 Å². The Kier molecular flexibility index (Phi) is 19.1. The van der Waals surface area contributed by atoms with Gasteiger partial charge in [0.15, 0.2) is 5.78 Å². The van der Waals surface area contributed by atoms with Crippen molar-refractivity contribution in [2.24, 2.45) is 0 Å². The van der Waals surface area contributed by atoms with Crippen molar-refractivity contribution in [2.75, 3.05) is 13.2 Å². The second-order valence-electron chi connectivity index (χ2n) is 12.1. The lowest BCUT2D eigenvalue weighted by molar-refractivity contribution is 0.104.